The molecule has 2 rings (SSSR count). The molecule has 2 N–H and O–H groups in total. The Balaban J connectivity index is 0.000000620. The number of allylic oxidation sites excluding steroid dienone is 8. The first-order valence-electron chi connectivity index (χ1n) is 9.74. The van der Waals surface area contributed by atoms with Gasteiger partial charge in [0.15, 0.2) is 0 Å². The number of hydrogen-bond donors (Lipinski definition) is 2. The third kappa shape index (κ3) is 10.9. The average Bonchev–Trinajstić information content (AvgIpc) is 3.24. The summed E-state index contributed by atoms with van der Waals surface area (Å²) in [6, 6.07) is 0. The molecule has 168 valence electrons. The quantitative estimate of drug-likeness (QED) is 0.266. The van der Waals surface area contributed by atoms with Gasteiger partial charge in [0.1, 0.15) is 23.5 Å². The van der Waals surface area contributed by atoms with Crippen LogP contribution in [-0.4, -0.2) is 38.3 Å². The van der Waals surface area contributed by atoms with E-state index in [-0.39, 0.29) is 0 Å². The molecule has 0 unspecified atom stereocenters. The van der Waals surface area contributed by atoms with Crippen LogP contribution < -0.4 is 10.2 Å². The molecule has 2 aliphatic rings. The molecule has 0 aromatic rings. The van der Waals surface area contributed by atoms with Crippen molar-refractivity contribution in [2.45, 2.75) is 52.1 Å². The topological polar surface area (TPSA) is 121 Å². The standard InChI is InChI=1S/2C8H13Si.2C3H4O3.Hf/c2*1-9(2,3)8-6-4-5-7-8;2*1-2(4)3(5)6;/h2*4,6H,5H2,1-3H3;2*4H,1H2,(H,5,6);/q;;;;+2/p-2. The van der Waals surface area contributed by atoms with Crippen molar-refractivity contribution >= 4 is 28.1 Å². The van der Waals surface area contributed by atoms with Crippen LogP contribution in [0.5, 0.6) is 0 Å². The molecule has 0 saturated carbocycles. The summed E-state index contributed by atoms with van der Waals surface area (Å²) in [6.45, 7) is 20.3. The summed E-state index contributed by atoms with van der Waals surface area (Å²) >= 11 is -0.755. The molecule has 0 aromatic carbocycles. The van der Waals surface area contributed by atoms with Crippen LogP contribution in [0.4, 0.5) is 0 Å². The molecule has 0 spiro atoms. The Morgan fingerprint density at radius 3 is 1.26 bits per heavy atom. The van der Waals surface area contributed by atoms with Crippen LogP contribution in [0.2, 0.25) is 39.3 Å². The molecule has 0 amide bonds. The number of carboxylic acids is 2. The van der Waals surface area contributed by atoms with Crippen molar-refractivity contribution in [2.24, 2.45) is 0 Å². The van der Waals surface area contributed by atoms with Crippen LogP contribution in [0.1, 0.15) is 12.8 Å². The van der Waals surface area contributed by atoms with Gasteiger partial charge in [-0.15, -0.1) is 0 Å². The van der Waals surface area contributed by atoms with Gasteiger partial charge in [0, 0.05) is 0 Å². The van der Waals surface area contributed by atoms with Gasteiger partial charge >= 0.3 is 133 Å². The van der Waals surface area contributed by atoms with Gasteiger partial charge in [-0.2, -0.15) is 0 Å². The molecular formula is C22H32HfO6Si2. The Hall–Kier alpha value is -1.72. The molecule has 0 aliphatic heterocycles. The van der Waals surface area contributed by atoms with Crippen molar-refractivity contribution in [1.82, 2.24) is 0 Å². The first-order chi connectivity index (χ1) is 14.0. The van der Waals surface area contributed by atoms with E-state index in [1.807, 2.05) is 6.66 Å². The maximum absolute atomic E-state index is 9.24. The molecule has 2 aliphatic carbocycles. The molecular weight excluding hydrogens is 595 g/mol. The molecule has 0 atom stereocenters. The Morgan fingerprint density at radius 2 is 1.06 bits per heavy atom. The predicted molar refractivity (Wildman–Crippen MR) is 122 cm³/mol. The van der Waals surface area contributed by atoms with Crippen LogP contribution in [0, 0.1) is 0 Å². The van der Waals surface area contributed by atoms with Crippen LogP contribution in [0.15, 0.2) is 66.0 Å². The summed E-state index contributed by atoms with van der Waals surface area (Å²) < 4.78 is 3.82. The molecule has 0 fully saturated rings. The summed E-state index contributed by atoms with van der Waals surface area (Å²) in [5.41, 5.74) is 0. The zero-order chi connectivity index (χ0) is 24.6. The van der Waals surface area contributed by atoms with Crippen molar-refractivity contribution < 1.29 is 52.9 Å². The van der Waals surface area contributed by atoms with E-state index in [0.717, 1.165) is 0 Å². The van der Waals surface area contributed by atoms with Gasteiger partial charge in [-0.25, -0.2) is 0 Å². The second-order valence-corrected chi connectivity index (χ2v) is 24.4. The monoisotopic (exact) mass is 628 g/mol. The van der Waals surface area contributed by atoms with Gasteiger partial charge in [-0.3, -0.25) is 0 Å². The maximum atomic E-state index is 9.24. The third-order valence-corrected chi connectivity index (χ3v) is 15.8. The summed E-state index contributed by atoms with van der Waals surface area (Å²) in [5.74, 6) is -5.13. The summed E-state index contributed by atoms with van der Waals surface area (Å²) in [7, 11) is -2.23. The molecule has 0 radical (unpaired) electrons. The van der Waals surface area contributed by atoms with E-state index < -0.39 is 62.5 Å². The van der Waals surface area contributed by atoms with Crippen molar-refractivity contribution in [2.75, 3.05) is 0 Å². The summed E-state index contributed by atoms with van der Waals surface area (Å²) in [4.78, 5) is 18.5. The van der Waals surface area contributed by atoms with Crippen molar-refractivity contribution in [1.29, 1.82) is 0 Å². The first kappa shape index (κ1) is 29.3. The molecule has 0 saturated heterocycles. The zero-order valence-electron chi connectivity index (χ0n) is 19.2. The second kappa shape index (κ2) is 12.4. The van der Waals surface area contributed by atoms with Crippen LogP contribution in [-0.2, 0) is 32.5 Å². The van der Waals surface area contributed by atoms with E-state index in [1.54, 1.807) is 10.4 Å². The van der Waals surface area contributed by atoms with E-state index in [0.29, 0.717) is 0 Å². The first-order valence-corrected chi connectivity index (χ1v) is 20.3. The van der Waals surface area contributed by atoms with Crippen molar-refractivity contribution in [3.63, 3.8) is 0 Å². The van der Waals surface area contributed by atoms with Gasteiger partial charge in [-0.05, 0) is 0 Å². The fraction of sp³-hybridized carbons (Fsp3) is 0.364. The fourth-order valence-electron chi connectivity index (χ4n) is 2.83. The molecule has 31 heavy (non-hydrogen) atoms. The number of rotatable bonds is 6. The van der Waals surface area contributed by atoms with Gasteiger partial charge in [0.25, 0.3) is 0 Å². The van der Waals surface area contributed by atoms with Gasteiger partial charge in [0.05, 0.1) is 0 Å². The molecule has 0 aromatic heterocycles. The van der Waals surface area contributed by atoms with Crippen molar-refractivity contribution in [3.05, 3.63) is 66.0 Å². The minimum absolute atomic E-state index is 0.755. The molecule has 6 nitrogen and oxygen atoms in total. The van der Waals surface area contributed by atoms with E-state index in [4.69, 9.17) is 10.2 Å². The van der Waals surface area contributed by atoms with Crippen LogP contribution in [0.3, 0.4) is 0 Å². The SMILES string of the molecule is C=C(O)C(=O)[O-].C=C(O)C(=O)[O-].C[Si](C)(C)C1=[C]([Hf+2][C]2=C([Si](C)(C)C)C=CC2)CC=C1. The predicted octanol–water partition coefficient (Wildman–Crippen LogP) is 2.87. The molecule has 0 heterocycles. The number of carbonyl (C=O) groups is 2. The zero-order valence-corrected chi connectivity index (χ0v) is 24.8. The number of aliphatic hydroxyl groups is 2. The molecule has 9 heteroatoms. The number of aliphatic carboxylic acids is 2. The Morgan fingerprint density at radius 1 is 0.806 bits per heavy atom. The minimum atomic E-state index is -1.63. The van der Waals surface area contributed by atoms with Crippen molar-refractivity contribution in [3.8, 4) is 0 Å². The number of carbonyl (C=O) groups excluding carboxylic acids is 2. The Bertz CT molecular complexity index is 758. The van der Waals surface area contributed by atoms with E-state index in [2.05, 4.69) is 76.7 Å². The van der Waals surface area contributed by atoms with Gasteiger partial charge in [0.2, 0.25) is 0 Å². The number of carboxylic acid groups (broad SMARTS) is 2. The van der Waals surface area contributed by atoms with E-state index in [9.17, 15) is 19.8 Å². The summed E-state index contributed by atoms with van der Waals surface area (Å²) in [6.07, 6.45) is 12.3. The summed E-state index contributed by atoms with van der Waals surface area (Å²) in [5, 5.41) is 37.6. The van der Waals surface area contributed by atoms with Crippen LogP contribution >= 0.6 is 0 Å². The number of hydrogen-bond acceptors (Lipinski definition) is 6. The normalized spacial score (nSPS) is 14.9. The van der Waals surface area contributed by atoms with Gasteiger partial charge < -0.3 is 30.0 Å². The third-order valence-electron chi connectivity index (χ3n) is 4.25. The van der Waals surface area contributed by atoms with Gasteiger partial charge in [-0.1, -0.05) is 13.2 Å². The Labute approximate surface area is 198 Å². The average molecular weight is 627 g/mol. The van der Waals surface area contributed by atoms with Crippen LogP contribution in [0.25, 0.3) is 0 Å². The molecule has 0 bridgehead atoms. The number of aliphatic hydroxyl groups excluding tert-OH is 2. The Kier molecular flexibility index (Phi) is 11.7. The van der Waals surface area contributed by atoms with E-state index in [1.165, 1.54) is 12.8 Å². The fourth-order valence-corrected chi connectivity index (χ4v) is 19.6. The second-order valence-electron chi connectivity index (χ2n) is 9.09. The van der Waals surface area contributed by atoms with E-state index >= 15 is 0 Å².